The molecular formula is C36H56N6O3. The van der Waals surface area contributed by atoms with Crippen LogP contribution in [0, 0.1) is 23.2 Å². The summed E-state index contributed by atoms with van der Waals surface area (Å²) in [5, 5.41) is 20.1. The number of carbonyl (C=O) groups excluding carboxylic acids is 3. The van der Waals surface area contributed by atoms with E-state index in [9.17, 15) is 19.6 Å². The zero-order valence-electron chi connectivity index (χ0n) is 28.4. The van der Waals surface area contributed by atoms with Crippen molar-refractivity contribution in [3.63, 3.8) is 0 Å². The zero-order chi connectivity index (χ0) is 33.0. The third-order valence-corrected chi connectivity index (χ3v) is 8.98. The quantitative estimate of drug-likeness (QED) is 0.0660. The van der Waals surface area contributed by atoms with Crippen molar-refractivity contribution in [3.8, 4) is 6.07 Å². The van der Waals surface area contributed by atoms with Crippen molar-refractivity contribution < 1.29 is 14.4 Å². The number of allylic oxidation sites excluding steroid dienone is 1. The highest BCUT2D eigenvalue weighted by Gasteiger charge is 2.26. The third-order valence-electron chi connectivity index (χ3n) is 8.98. The molecule has 9 heteroatoms. The summed E-state index contributed by atoms with van der Waals surface area (Å²) in [6.45, 7) is 10.3. The maximum absolute atomic E-state index is 13.3. The van der Waals surface area contributed by atoms with Gasteiger partial charge in [-0.3, -0.25) is 24.8 Å². The maximum Gasteiger partial charge on any atom is 0.288 e. The van der Waals surface area contributed by atoms with Crippen LogP contribution < -0.4 is 10.7 Å². The highest BCUT2D eigenvalue weighted by molar-refractivity contribution is 6.45. The van der Waals surface area contributed by atoms with Crippen LogP contribution in [0.5, 0.6) is 0 Å². The van der Waals surface area contributed by atoms with Gasteiger partial charge in [-0.25, -0.2) is 5.01 Å². The van der Waals surface area contributed by atoms with Crippen LogP contribution in [0.25, 0.3) is 0 Å². The molecule has 1 aromatic carbocycles. The highest BCUT2D eigenvalue weighted by Crippen LogP contribution is 2.30. The first kappa shape index (κ1) is 37.7. The van der Waals surface area contributed by atoms with E-state index >= 15 is 0 Å². The molecule has 1 heterocycles. The summed E-state index contributed by atoms with van der Waals surface area (Å²) in [7, 11) is 1.67. The number of anilines is 1. The number of nitrogens with zero attached hydrogens (tertiary/aromatic N) is 4. The van der Waals surface area contributed by atoms with Crippen molar-refractivity contribution in [2.24, 2.45) is 16.9 Å². The second-order valence-electron chi connectivity index (χ2n) is 12.3. The normalized spacial score (nSPS) is 16.6. The van der Waals surface area contributed by atoms with E-state index in [0.717, 1.165) is 64.0 Å². The minimum atomic E-state index is -0.411. The van der Waals surface area contributed by atoms with E-state index in [-0.39, 0.29) is 22.8 Å². The molecule has 1 saturated heterocycles. The molecule has 0 aromatic heterocycles. The predicted octanol–water partition coefficient (Wildman–Crippen LogP) is 7.28. The van der Waals surface area contributed by atoms with Gasteiger partial charge < -0.3 is 5.32 Å². The predicted molar refractivity (Wildman–Crippen MR) is 183 cm³/mol. The monoisotopic (exact) mass is 620 g/mol. The lowest BCUT2D eigenvalue weighted by Crippen LogP contribution is -2.49. The molecule has 1 aliphatic carbocycles. The molecule has 2 aliphatic rings. The summed E-state index contributed by atoms with van der Waals surface area (Å²) in [5.41, 5.74) is 3.97. The number of nitrogens with one attached hydrogen (secondary N) is 2. The molecule has 1 saturated carbocycles. The molecule has 0 spiro atoms. The molecule has 248 valence electrons. The highest BCUT2D eigenvalue weighted by atomic mass is 16.2. The molecule has 2 fully saturated rings. The van der Waals surface area contributed by atoms with Gasteiger partial charge >= 0.3 is 0 Å². The molecule has 2 N–H and O–H groups in total. The second-order valence-corrected chi connectivity index (χ2v) is 12.3. The number of nitriles is 1. The fourth-order valence-electron chi connectivity index (χ4n) is 5.45. The molecular weight excluding hydrogens is 564 g/mol. The summed E-state index contributed by atoms with van der Waals surface area (Å²) >= 11 is 0. The Bertz CT molecular complexity index is 1160. The van der Waals surface area contributed by atoms with Crippen LogP contribution in [0.1, 0.15) is 122 Å². The van der Waals surface area contributed by atoms with E-state index in [0.29, 0.717) is 30.0 Å². The van der Waals surface area contributed by atoms with Crippen LogP contribution in [0.3, 0.4) is 0 Å². The number of piperidine rings is 1. The van der Waals surface area contributed by atoms with Gasteiger partial charge in [-0.1, -0.05) is 85.0 Å². The van der Waals surface area contributed by atoms with Crippen LogP contribution in [0.2, 0.25) is 0 Å². The number of hydrogen-bond acceptors (Lipinski definition) is 7. The molecule has 0 radical (unpaired) electrons. The minimum Gasteiger partial charge on any atom is -0.352 e. The number of rotatable bonds is 16. The summed E-state index contributed by atoms with van der Waals surface area (Å²) in [4.78, 5) is 37.3. The molecule has 1 aromatic rings. The Labute approximate surface area is 271 Å². The third kappa shape index (κ3) is 12.8. The zero-order valence-corrected chi connectivity index (χ0v) is 28.4. The second kappa shape index (κ2) is 21.3. The minimum absolute atomic E-state index is 0.0174. The lowest BCUT2D eigenvalue weighted by atomic mass is 9.82. The van der Waals surface area contributed by atoms with Gasteiger partial charge in [0.25, 0.3) is 11.8 Å². The van der Waals surface area contributed by atoms with Gasteiger partial charge in [0, 0.05) is 37.8 Å². The van der Waals surface area contributed by atoms with Gasteiger partial charge in [0.05, 0.1) is 11.3 Å². The largest absolute Gasteiger partial charge is 0.352 e. The Kier molecular flexibility index (Phi) is 17.8. The van der Waals surface area contributed by atoms with Gasteiger partial charge in [0.1, 0.15) is 6.07 Å². The first-order valence-electron chi connectivity index (χ1n) is 17.1. The number of unbranched alkanes of at least 4 members (excludes halogenated alkanes) is 2. The number of aldehydes is 1. The molecule has 45 heavy (non-hydrogen) atoms. The Morgan fingerprint density at radius 2 is 1.73 bits per heavy atom. The topological polar surface area (TPSA) is 118 Å². The van der Waals surface area contributed by atoms with Crippen molar-refractivity contribution in [1.82, 2.24) is 15.3 Å². The summed E-state index contributed by atoms with van der Waals surface area (Å²) in [5.74, 6) is 1.06. The fourth-order valence-corrected chi connectivity index (χ4v) is 5.45. The van der Waals surface area contributed by atoms with E-state index in [1.54, 1.807) is 31.3 Å². The molecule has 1 atom stereocenters. The van der Waals surface area contributed by atoms with Crippen molar-refractivity contribution in [2.75, 3.05) is 32.1 Å². The number of hydrogen-bond donors (Lipinski definition) is 2. The number of hydrazine groups is 1. The van der Waals surface area contributed by atoms with Gasteiger partial charge in [-0.05, 0) is 62.3 Å². The van der Waals surface area contributed by atoms with Crippen LogP contribution in [0.4, 0.5) is 5.69 Å². The van der Waals surface area contributed by atoms with E-state index in [2.05, 4.69) is 36.6 Å². The Balaban J connectivity index is 0.000000761. The lowest BCUT2D eigenvalue weighted by molar-refractivity contribution is -0.139. The number of carbonyl (C=O) groups is 3. The molecule has 0 bridgehead atoms. The Hall–Kier alpha value is -3.51. The molecule has 3 rings (SSSR count). The van der Waals surface area contributed by atoms with Crippen molar-refractivity contribution in [1.29, 1.82) is 5.26 Å². The smallest absolute Gasteiger partial charge is 0.288 e. The number of hydrazone groups is 1. The van der Waals surface area contributed by atoms with Gasteiger partial charge in [-0.2, -0.15) is 10.4 Å². The van der Waals surface area contributed by atoms with Crippen molar-refractivity contribution in [3.05, 3.63) is 41.0 Å². The van der Waals surface area contributed by atoms with Gasteiger partial charge in [0.15, 0.2) is 12.0 Å². The van der Waals surface area contributed by atoms with Gasteiger partial charge in [0.2, 0.25) is 0 Å². The lowest BCUT2D eigenvalue weighted by Gasteiger charge is -2.34. The van der Waals surface area contributed by atoms with Crippen LogP contribution in [-0.4, -0.2) is 60.5 Å². The number of benzene rings is 1. The molecule has 9 nitrogen and oxygen atoms in total. The summed E-state index contributed by atoms with van der Waals surface area (Å²) in [6, 6.07) is 8.62. The standard InChI is InChI=1S/C28H40N6O3.C8H16/c1-5-7-11-22(6-2)19-30-27(36)23-12-14-25(15-13-23)31-32-26(21(3)24(18-29)20-35)28(37)33(4)34-16-9-8-10-17-34;1-2-3-5-8-6-4-7-8/h12-15,20,22,31H,5-11,16-17,19H2,1-4H3,(H,30,36);8H,2-7H2,1H3/b24-21-,32-26-;. The SMILES string of the molecule is CCCCC(CC)CNC(=O)c1ccc(N/N=C(C(=O)N(C)N2CCCCC2)/C(C)=C(/C#N)C=O)cc1.CCCCC1CCC1. The van der Waals surface area contributed by atoms with E-state index < -0.39 is 5.91 Å². The van der Waals surface area contributed by atoms with Crippen molar-refractivity contribution in [2.45, 2.75) is 111 Å². The molecule has 2 amide bonds. The Morgan fingerprint density at radius 1 is 1.07 bits per heavy atom. The van der Waals surface area contributed by atoms with Crippen LogP contribution in [-0.2, 0) is 9.59 Å². The molecule has 1 unspecified atom stereocenters. The van der Waals surface area contributed by atoms with Crippen molar-refractivity contribution >= 4 is 29.5 Å². The van der Waals surface area contributed by atoms with Gasteiger partial charge in [-0.15, -0.1) is 0 Å². The number of amides is 2. The Morgan fingerprint density at radius 3 is 2.27 bits per heavy atom. The van der Waals surface area contributed by atoms with Crippen LogP contribution >= 0.6 is 0 Å². The first-order valence-corrected chi connectivity index (χ1v) is 17.1. The molecule has 1 aliphatic heterocycles. The van der Waals surface area contributed by atoms with E-state index in [4.69, 9.17) is 0 Å². The van der Waals surface area contributed by atoms with Crippen LogP contribution in [0.15, 0.2) is 40.5 Å². The van der Waals surface area contributed by atoms with E-state index in [1.807, 2.05) is 11.1 Å². The summed E-state index contributed by atoms with van der Waals surface area (Å²) < 4.78 is 0. The first-order chi connectivity index (χ1) is 21.8. The van der Waals surface area contributed by atoms with E-state index in [1.165, 1.54) is 50.5 Å². The summed E-state index contributed by atoms with van der Waals surface area (Å²) in [6.07, 6.45) is 16.9. The average Bonchev–Trinajstić information content (AvgIpc) is 3.05. The maximum atomic E-state index is 13.3. The average molecular weight is 621 g/mol. The fraction of sp³-hybridized carbons (Fsp3) is 0.639.